The van der Waals surface area contributed by atoms with E-state index in [1.54, 1.807) is 12.7 Å². The standard InChI is InChI=1S/C19H25NO2/c1-19-10-9-15-14-6-4-13(22-2)11-12(14)3-5-16(15)17(19)7-8-18(19)20-21/h4,6,11,15-17,21H,3,5,7-10H2,1-2H3/b20-18-. The molecule has 0 heterocycles. The third kappa shape index (κ3) is 1.84. The van der Waals surface area contributed by atoms with Gasteiger partial charge in [0.05, 0.1) is 12.8 Å². The van der Waals surface area contributed by atoms with Gasteiger partial charge in [0.25, 0.3) is 0 Å². The molecule has 2 saturated carbocycles. The highest BCUT2D eigenvalue weighted by atomic mass is 16.5. The molecule has 0 spiro atoms. The molecule has 3 aliphatic rings. The van der Waals surface area contributed by atoms with Crippen LogP contribution in [-0.2, 0) is 6.42 Å². The maximum atomic E-state index is 9.36. The maximum absolute atomic E-state index is 9.36. The third-order valence-corrected chi connectivity index (χ3v) is 6.80. The van der Waals surface area contributed by atoms with Crippen molar-refractivity contribution in [3.05, 3.63) is 29.3 Å². The molecule has 0 aliphatic heterocycles. The Hall–Kier alpha value is -1.51. The normalized spacial score (nSPS) is 38.3. The van der Waals surface area contributed by atoms with Crippen molar-refractivity contribution >= 4 is 5.71 Å². The Bertz CT molecular complexity index is 624. The highest BCUT2D eigenvalue weighted by Gasteiger charge is 2.53. The van der Waals surface area contributed by atoms with Crippen LogP contribution in [0.5, 0.6) is 5.75 Å². The highest BCUT2D eigenvalue weighted by Crippen LogP contribution is 2.59. The predicted octanol–water partition coefficient (Wildman–Crippen LogP) is 4.38. The Morgan fingerprint density at radius 2 is 2.09 bits per heavy atom. The number of ether oxygens (including phenoxy) is 1. The van der Waals surface area contributed by atoms with E-state index >= 15 is 0 Å². The molecule has 1 aromatic carbocycles. The van der Waals surface area contributed by atoms with Crippen molar-refractivity contribution in [2.45, 2.75) is 51.4 Å². The van der Waals surface area contributed by atoms with Gasteiger partial charge in [-0.25, -0.2) is 0 Å². The first-order valence-corrected chi connectivity index (χ1v) is 8.55. The molecule has 3 heteroatoms. The summed E-state index contributed by atoms with van der Waals surface area (Å²) in [4.78, 5) is 0. The fourth-order valence-electron chi connectivity index (χ4n) is 5.64. The lowest BCUT2D eigenvalue weighted by molar-refractivity contribution is 0.0938. The van der Waals surface area contributed by atoms with Crippen LogP contribution in [0, 0.1) is 17.3 Å². The van der Waals surface area contributed by atoms with E-state index in [2.05, 4.69) is 30.3 Å². The second-order valence-electron chi connectivity index (χ2n) is 7.52. The van der Waals surface area contributed by atoms with Gasteiger partial charge in [-0.15, -0.1) is 0 Å². The van der Waals surface area contributed by atoms with Crippen LogP contribution < -0.4 is 4.74 Å². The van der Waals surface area contributed by atoms with Gasteiger partial charge < -0.3 is 9.94 Å². The van der Waals surface area contributed by atoms with E-state index in [0.29, 0.717) is 11.8 Å². The fourth-order valence-corrected chi connectivity index (χ4v) is 5.64. The smallest absolute Gasteiger partial charge is 0.119 e. The lowest BCUT2D eigenvalue weighted by Crippen LogP contribution is -2.42. The van der Waals surface area contributed by atoms with Gasteiger partial charge in [-0.05, 0) is 79.5 Å². The van der Waals surface area contributed by atoms with Crippen molar-refractivity contribution < 1.29 is 9.94 Å². The lowest BCUT2D eigenvalue weighted by Gasteiger charge is -2.48. The first-order valence-electron chi connectivity index (χ1n) is 8.55. The quantitative estimate of drug-likeness (QED) is 0.617. The van der Waals surface area contributed by atoms with Crippen LogP contribution in [-0.4, -0.2) is 18.0 Å². The molecule has 0 saturated heterocycles. The molecule has 4 atom stereocenters. The number of methoxy groups -OCH3 is 1. The van der Waals surface area contributed by atoms with Crippen molar-refractivity contribution in [3.63, 3.8) is 0 Å². The largest absolute Gasteiger partial charge is 0.497 e. The summed E-state index contributed by atoms with van der Waals surface area (Å²) >= 11 is 0. The summed E-state index contributed by atoms with van der Waals surface area (Å²) in [5, 5.41) is 13.0. The van der Waals surface area contributed by atoms with Crippen molar-refractivity contribution in [2.75, 3.05) is 7.11 Å². The van der Waals surface area contributed by atoms with Crippen molar-refractivity contribution in [2.24, 2.45) is 22.4 Å². The first-order chi connectivity index (χ1) is 10.7. The zero-order chi connectivity index (χ0) is 15.3. The Labute approximate surface area is 132 Å². The number of hydrogen-bond donors (Lipinski definition) is 1. The van der Waals surface area contributed by atoms with Gasteiger partial charge in [0.15, 0.2) is 0 Å². The molecule has 0 amide bonds. The molecular weight excluding hydrogens is 274 g/mol. The zero-order valence-corrected chi connectivity index (χ0v) is 13.5. The van der Waals surface area contributed by atoms with Crippen LogP contribution in [0.3, 0.4) is 0 Å². The van der Waals surface area contributed by atoms with E-state index in [0.717, 1.165) is 36.6 Å². The summed E-state index contributed by atoms with van der Waals surface area (Å²) in [7, 11) is 1.74. The van der Waals surface area contributed by atoms with E-state index in [1.165, 1.54) is 24.8 Å². The van der Waals surface area contributed by atoms with Crippen molar-refractivity contribution in [1.82, 2.24) is 0 Å². The molecule has 3 aliphatic carbocycles. The van der Waals surface area contributed by atoms with Gasteiger partial charge in [0.1, 0.15) is 5.75 Å². The number of benzene rings is 1. The van der Waals surface area contributed by atoms with Crippen molar-refractivity contribution in [1.29, 1.82) is 0 Å². The average molecular weight is 299 g/mol. The molecule has 0 bridgehead atoms. The van der Waals surface area contributed by atoms with E-state index in [1.807, 2.05) is 0 Å². The lowest BCUT2D eigenvalue weighted by atomic mass is 9.55. The number of nitrogens with zero attached hydrogens (tertiary/aromatic N) is 1. The molecule has 0 aromatic heterocycles. The zero-order valence-electron chi connectivity index (χ0n) is 13.5. The van der Waals surface area contributed by atoms with Crippen LogP contribution in [0.25, 0.3) is 0 Å². The van der Waals surface area contributed by atoms with Crippen LogP contribution >= 0.6 is 0 Å². The maximum Gasteiger partial charge on any atom is 0.119 e. The van der Waals surface area contributed by atoms with Crippen LogP contribution in [0.2, 0.25) is 0 Å². The average Bonchev–Trinajstić information content (AvgIpc) is 2.90. The highest BCUT2D eigenvalue weighted by molar-refractivity contribution is 5.92. The van der Waals surface area contributed by atoms with Gasteiger partial charge in [-0.3, -0.25) is 0 Å². The topological polar surface area (TPSA) is 41.8 Å². The Morgan fingerprint density at radius 1 is 1.23 bits per heavy atom. The molecule has 3 nitrogen and oxygen atoms in total. The molecule has 4 rings (SSSR count). The van der Waals surface area contributed by atoms with Crippen LogP contribution in [0.15, 0.2) is 23.4 Å². The summed E-state index contributed by atoms with van der Waals surface area (Å²) in [5.41, 5.74) is 4.23. The van der Waals surface area contributed by atoms with E-state index < -0.39 is 0 Å². The van der Waals surface area contributed by atoms with E-state index in [4.69, 9.17) is 4.74 Å². The number of hydrogen-bond acceptors (Lipinski definition) is 3. The van der Waals surface area contributed by atoms with Crippen LogP contribution in [0.1, 0.15) is 56.1 Å². The predicted molar refractivity (Wildman–Crippen MR) is 86.8 cm³/mol. The fraction of sp³-hybridized carbons (Fsp3) is 0.632. The summed E-state index contributed by atoms with van der Waals surface area (Å²) in [6.45, 7) is 2.33. The molecular formula is C19H25NO2. The summed E-state index contributed by atoms with van der Waals surface area (Å²) in [6.07, 6.45) is 6.98. The summed E-state index contributed by atoms with van der Waals surface area (Å²) in [6, 6.07) is 6.64. The minimum atomic E-state index is 0.139. The number of aryl methyl sites for hydroxylation is 1. The molecule has 1 N–H and O–H groups in total. The number of rotatable bonds is 1. The van der Waals surface area contributed by atoms with E-state index in [9.17, 15) is 5.21 Å². The Kier molecular flexibility index (Phi) is 3.21. The minimum Gasteiger partial charge on any atom is -0.497 e. The Balaban J connectivity index is 1.69. The SMILES string of the molecule is COc1ccc2c(c1)CCC1C2CCC2(C)/C(=N\O)CCC12. The summed E-state index contributed by atoms with van der Waals surface area (Å²) in [5.74, 6) is 3.10. The number of oxime groups is 1. The third-order valence-electron chi connectivity index (χ3n) is 6.80. The van der Waals surface area contributed by atoms with E-state index in [-0.39, 0.29) is 5.41 Å². The van der Waals surface area contributed by atoms with Gasteiger partial charge in [-0.1, -0.05) is 18.1 Å². The Morgan fingerprint density at radius 3 is 2.86 bits per heavy atom. The molecule has 22 heavy (non-hydrogen) atoms. The monoisotopic (exact) mass is 299 g/mol. The second kappa shape index (κ2) is 5.00. The molecule has 0 radical (unpaired) electrons. The van der Waals surface area contributed by atoms with Gasteiger partial charge in [-0.2, -0.15) is 0 Å². The number of fused-ring (bicyclic) bond motifs is 5. The molecule has 1 aromatic rings. The minimum absolute atomic E-state index is 0.139. The van der Waals surface area contributed by atoms with Crippen LogP contribution in [0.4, 0.5) is 0 Å². The summed E-state index contributed by atoms with van der Waals surface area (Å²) < 4.78 is 5.39. The van der Waals surface area contributed by atoms with Gasteiger partial charge >= 0.3 is 0 Å². The molecule has 2 fully saturated rings. The second-order valence-corrected chi connectivity index (χ2v) is 7.52. The van der Waals surface area contributed by atoms with Gasteiger partial charge in [0, 0.05) is 5.41 Å². The first kappa shape index (κ1) is 14.1. The van der Waals surface area contributed by atoms with Gasteiger partial charge in [0.2, 0.25) is 0 Å². The molecule has 4 unspecified atom stereocenters. The van der Waals surface area contributed by atoms with Crippen molar-refractivity contribution in [3.8, 4) is 5.75 Å². The molecule has 118 valence electrons.